The quantitative estimate of drug-likeness (QED) is 0.927. The summed E-state index contributed by atoms with van der Waals surface area (Å²) in [6.45, 7) is 0. The van der Waals surface area contributed by atoms with Gasteiger partial charge in [0.1, 0.15) is 16.7 Å². The highest BCUT2D eigenvalue weighted by Gasteiger charge is 2.08. The van der Waals surface area contributed by atoms with Crippen LogP contribution in [0.25, 0.3) is 0 Å². The minimum Gasteiger partial charge on any atom is -0.478 e. The van der Waals surface area contributed by atoms with Crippen molar-refractivity contribution in [1.82, 2.24) is 4.98 Å². The molecule has 0 aliphatic heterocycles. The molecule has 0 aliphatic rings. The van der Waals surface area contributed by atoms with Gasteiger partial charge in [-0.15, -0.1) is 0 Å². The minimum absolute atomic E-state index is 0.0546. The predicted octanol–water partition coefficient (Wildman–Crippen LogP) is 3.21. The highest BCUT2D eigenvalue weighted by Crippen LogP contribution is 2.28. The number of pyridine rings is 1. The monoisotopic (exact) mass is 267 g/mol. The van der Waals surface area contributed by atoms with Crippen molar-refractivity contribution < 1.29 is 18.7 Å². The molecule has 0 atom stereocenters. The second kappa shape index (κ2) is 5.14. The molecule has 2 rings (SSSR count). The fourth-order valence-electron chi connectivity index (χ4n) is 1.24. The molecule has 1 N–H and O–H groups in total. The average Bonchev–Trinajstić information content (AvgIpc) is 2.33. The van der Waals surface area contributed by atoms with Gasteiger partial charge in [0.25, 0.3) is 0 Å². The molecule has 0 fully saturated rings. The number of hydrogen-bond donors (Lipinski definition) is 1. The van der Waals surface area contributed by atoms with E-state index in [2.05, 4.69) is 4.98 Å². The van der Waals surface area contributed by atoms with Gasteiger partial charge in [-0.1, -0.05) is 11.8 Å². The first-order valence-electron chi connectivity index (χ1n) is 4.88. The van der Waals surface area contributed by atoms with E-state index in [1.807, 2.05) is 0 Å². The lowest BCUT2D eigenvalue weighted by atomic mass is 10.3. The molecule has 0 bridgehead atoms. The van der Waals surface area contributed by atoms with E-state index in [9.17, 15) is 13.6 Å². The molecule has 0 spiro atoms. The summed E-state index contributed by atoms with van der Waals surface area (Å²) < 4.78 is 26.1. The van der Waals surface area contributed by atoms with Crippen LogP contribution in [-0.2, 0) is 0 Å². The Morgan fingerprint density at radius 3 is 2.56 bits per heavy atom. The van der Waals surface area contributed by atoms with Crippen molar-refractivity contribution in [1.29, 1.82) is 0 Å². The van der Waals surface area contributed by atoms with Gasteiger partial charge in [0.05, 0.1) is 5.56 Å². The Labute approximate surface area is 105 Å². The second-order valence-electron chi connectivity index (χ2n) is 3.37. The molecule has 6 heteroatoms. The van der Waals surface area contributed by atoms with Crippen LogP contribution in [-0.4, -0.2) is 16.1 Å². The van der Waals surface area contributed by atoms with Crippen LogP contribution in [0.1, 0.15) is 10.4 Å². The zero-order valence-electron chi connectivity index (χ0n) is 8.93. The van der Waals surface area contributed by atoms with Gasteiger partial charge in [-0.25, -0.2) is 18.6 Å². The lowest BCUT2D eigenvalue weighted by Gasteiger charge is -2.02. The number of aromatic carboxylic acids is 1. The summed E-state index contributed by atoms with van der Waals surface area (Å²) in [5.74, 6) is -2.40. The lowest BCUT2D eigenvalue weighted by molar-refractivity contribution is 0.0696. The van der Waals surface area contributed by atoms with E-state index < -0.39 is 17.6 Å². The Bertz CT molecular complexity index is 587. The number of carboxylic acid groups (broad SMARTS) is 1. The number of rotatable bonds is 3. The van der Waals surface area contributed by atoms with Crippen LogP contribution in [0.4, 0.5) is 8.78 Å². The summed E-state index contributed by atoms with van der Waals surface area (Å²) in [5, 5.41) is 9.13. The average molecular weight is 267 g/mol. The smallest absolute Gasteiger partial charge is 0.337 e. The van der Waals surface area contributed by atoms with Crippen LogP contribution < -0.4 is 0 Å². The van der Waals surface area contributed by atoms with Gasteiger partial charge in [-0.05, 0) is 24.3 Å². The number of benzene rings is 1. The molecule has 0 amide bonds. The molecular formula is C12H7F2NO2S. The van der Waals surface area contributed by atoms with E-state index in [0.29, 0.717) is 5.03 Å². The van der Waals surface area contributed by atoms with Gasteiger partial charge in [0.15, 0.2) is 0 Å². The molecule has 1 aromatic heterocycles. The fourth-order valence-corrected chi connectivity index (χ4v) is 2.00. The molecule has 3 nitrogen and oxygen atoms in total. The fraction of sp³-hybridized carbons (Fsp3) is 0. The van der Waals surface area contributed by atoms with Crippen LogP contribution >= 0.6 is 11.8 Å². The summed E-state index contributed by atoms with van der Waals surface area (Å²) in [7, 11) is 0. The third-order valence-electron chi connectivity index (χ3n) is 2.09. The molecule has 0 saturated carbocycles. The van der Waals surface area contributed by atoms with Crippen molar-refractivity contribution in [3.8, 4) is 0 Å². The molecule has 18 heavy (non-hydrogen) atoms. The molecular weight excluding hydrogens is 260 g/mol. The number of nitrogens with zero attached hydrogens (tertiary/aromatic N) is 1. The van der Waals surface area contributed by atoms with Gasteiger partial charge in [-0.3, -0.25) is 0 Å². The van der Waals surface area contributed by atoms with E-state index in [1.54, 1.807) is 0 Å². The van der Waals surface area contributed by atoms with E-state index in [4.69, 9.17) is 5.11 Å². The van der Waals surface area contributed by atoms with Gasteiger partial charge in [-0.2, -0.15) is 0 Å². The largest absolute Gasteiger partial charge is 0.478 e. The topological polar surface area (TPSA) is 50.2 Å². The van der Waals surface area contributed by atoms with Crippen molar-refractivity contribution in [2.45, 2.75) is 9.92 Å². The first kappa shape index (κ1) is 12.5. The van der Waals surface area contributed by atoms with Crippen LogP contribution in [0.2, 0.25) is 0 Å². The molecule has 0 radical (unpaired) electrons. The van der Waals surface area contributed by atoms with E-state index in [1.165, 1.54) is 24.4 Å². The molecule has 2 aromatic rings. The van der Waals surface area contributed by atoms with Gasteiger partial charge in [0.2, 0.25) is 0 Å². The maximum Gasteiger partial charge on any atom is 0.337 e. The molecule has 92 valence electrons. The van der Waals surface area contributed by atoms with Crippen LogP contribution in [0.15, 0.2) is 46.5 Å². The maximum atomic E-state index is 13.4. The summed E-state index contributed by atoms with van der Waals surface area (Å²) in [4.78, 5) is 14.7. The van der Waals surface area contributed by atoms with E-state index in [0.717, 1.165) is 23.9 Å². The number of carboxylic acids is 1. The summed E-state index contributed by atoms with van der Waals surface area (Å²) in [6.07, 6.45) is 1.19. The number of aromatic nitrogens is 1. The van der Waals surface area contributed by atoms with Gasteiger partial charge >= 0.3 is 5.97 Å². The molecule has 0 aliphatic carbocycles. The Morgan fingerprint density at radius 2 is 2.00 bits per heavy atom. The zero-order valence-corrected chi connectivity index (χ0v) is 9.75. The minimum atomic E-state index is -1.08. The Balaban J connectivity index is 2.21. The third-order valence-corrected chi connectivity index (χ3v) is 3.09. The Hall–Kier alpha value is -1.95. The zero-order chi connectivity index (χ0) is 13.1. The standard InChI is InChI=1S/C12H7F2NO2S/c13-8-2-3-10(9(14)5-8)18-11-4-1-7(6-15-11)12(16)17/h1-6H,(H,16,17). The van der Waals surface area contributed by atoms with Crippen LogP contribution in [0.5, 0.6) is 0 Å². The summed E-state index contributed by atoms with van der Waals surface area (Å²) in [5.41, 5.74) is 0.0546. The SMILES string of the molecule is O=C(O)c1ccc(Sc2ccc(F)cc2F)nc1. The third kappa shape index (κ3) is 2.84. The van der Waals surface area contributed by atoms with Crippen LogP contribution in [0.3, 0.4) is 0 Å². The molecule has 1 aromatic carbocycles. The normalized spacial score (nSPS) is 10.3. The molecule has 1 heterocycles. The number of halogens is 2. The lowest BCUT2D eigenvalue weighted by Crippen LogP contribution is -1.96. The van der Waals surface area contributed by atoms with Crippen molar-refractivity contribution in [2.24, 2.45) is 0 Å². The van der Waals surface area contributed by atoms with Crippen molar-refractivity contribution in [3.63, 3.8) is 0 Å². The second-order valence-corrected chi connectivity index (χ2v) is 4.43. The summed E-state index contributed by atoms with van der Waals surface area (Å²) >= 11 is 0.998. The van der Waals surface area contributed by atoms with E-state index in [-0.39, 0.29) is 10.5 Å². The summed E-state index contributed by atoms with van der Waals surface area (Å²) in [6, 6.07) is 6.09. The van der Waals surface area contributed by atoms with Crippen molar-refractivity contribution in [3.05, 3.63) is 53.7 Å². The van der Waals surface area contributed by atoms with Crippen LogP contribution in [0, 0.1) is 11.6 Å². The predicted molar refractivity (Wildman–Crippen MR) is 61.7 cm³/mol. The highest BCUT2D eigenvalue weighted by molar-refractivity contribution is 7.99. The molecule has 0 unspecified atom stereocenters. The Kier molecular flexibility index (Phi) is 3.57. The maximum absolute atomic E-state index is 13.4. The van der Waals surface area contributed by atoms with Crippen molar-refractivity contribution >= 4 is 17.7 Å². The van der Waals surface area contributed by atoms with Gasteiger partial charge < -0.3 is 5.11 Å². The number of hydrogen-bond acceptors (Lipinski definition) is 3. The first-order chi connectivity index (χ1) is 8.56. The van der Waals surface area contributed by atoms with Gasteiger partial charge in [0, 0.05) is 17.2 Å². The Morgan fingerprint density at radius 1 is 1.22 bits per heavy atom. The highest BCUT2D eigenvalue weighted by atomic mass is 32.2. The number of carbonyl (C=O) groups is 1. The first-order valence-corrected chi connectivity index (χ1v) is 5.70. The van der Waals surface area contributed by atoms with Crippen molar-refractivity contribution in [2.75, 3.05) is 0 Å². The molecule has 0 saturated heterocycles. The van der Waals surface area contributed by atoms with E-state index >= 15 is 0 Å².